The molecule has 11 heteroatoms. The van der Waals surface area contributed by atoms with Crippen molar-refractivity contribution in [1.82, 2.24) is 0 Å². The van der Waals surface area contributed by atoms with Crippen molar-refractivity contribution in [3.63, 3.8) is 0 Å². The van der Waals surface area contributed by atoms with Gasteiger partial charge >= 0.3 is 23.9 Å². The van der Waals surface area contributed by atoms with Crippen LogP contribution in [0.1, 0.15) is 12.8 Å². The Morgan fingerprint density at radius 1 is 0.619 bits per heavy atom. The van der Waals surface area contributed by atoms with E-state index in [4.69, 9.17) is 30.6 Å². The van der Waals surface area contributed by atoms with Gasteiger partial charge in [-0.2, -0.15) is 0 Å². The Bertz CT molecular complexity index is 258. The number of carboxylic acids is 4. The average Bonchev–Trinajstić information content (AvgIpc) is 2.27. The van der Waals surface area contributed by atoms with Gasteiger partial charge in [-0.1, -0.05) is 0 Å². The Labute approximate surface area is 119 Å². The zero-order valence-corrected chi connectivity index (χ0v) is 11.0. The summed E-state index contributed by atoms with van der Waals surface area (Å²) in [5.74, 6) is -5.25. The van der Waals surface area contributed by atoms with Crippen molar-refractivity contribution in [3.8, 4) is 0 Å². The second-order valence-corrected chi connectivity index (χ2v) is 2.99. The zero-order chi connectivity index (χ0) is 17.3. The first-order valence-electron chi connectivity index (χ1n) is 5.33. The number of rotatable bonds is 8. The molecule has 0 aliphatic rings. The molecule has 0 saturated heterocycles. The number of carbonyl (C=O) groups is 4. The van der Waals surface area contributed by atoms with Crippen LogP contribution >= 0.6 is 0 Å². The summed E-state index contributed by atoms with van der Waals surface area (Å²) in [6, 6.07) is 0. The monoisotopic (exact) mass is 314 g/mol. The standard InChI is InChI=1S/C4H10O3.2C3H4O4/c5-1-3-7-4-2-6;2*4-2(5)1-3(6)7/h5-6H,1-4H2;2*1H2,(H,4,5)(H,6,7). The summed E-state index contributed by atoms with van der Waals surface area (Å²) in [6.07, 6.45) is -1.61. The Hall–Kier alpha value is -2.24. The maximum Gasteiger partial charge on any atom is 0.314 e. The Morgan fingerprint density at radius 3 is 0.952 bits per heavy atom. The largest absolute Gasteiger partial charge is 0.481 e. The SMILES string of the molecule is O=C(O)CC(=O)O.O=C(O)CC(=O)O.OCCOCCO. The predicted octanol–water partition coefficient (Wildman–Crippen LogP) is -1.92. The van der Waals surface area contributed by atoms with Gasteiger partial charge in [-0.25, -0.2) is 0 Å². The Balaban J connectivity index is -0.000000231. The number of aliphatic hydroxyl groups excluding tert-OH is 2. The quantitative estimate of drug-likeness (QED) is 0.215. The van der Waals surface area contributed by atoms with E-state index in [1.807, 2.05) is 0 Å². The van der Waals surface area contributed by atoms with Crippen LogP contribution in [0.3, 0.4) is 0 Å². The zero-order valence-electron chi connectivity index (χ0n) is 11.0. The molecule has 0 aromatic rings. The summed E-state index contributed by atoms with van der Waals surface area (Å²) >= 11 is 0. The molecule has 0 aromatic carbocycles. The fourth-order valence-corrected chi connectivity index (χ4v) is 0.490. The molecule has 0 spiro atoms. The van der Waals surface area contributed by atoms with Crippen LogP contribution in [-0.2, 0) is 23.9 Å². The van der Waals surface area contributed by atoms with Crippen molar-refractivity contribution in [1.29, 1.82) is 0 Å². The van der Waals surface area contributed by atoms with E-state index in [1.54, 1.807) is 0 Å². The van der Waals surface area contributed by atoms with Crippen LogP contribution in [0, 0.1) is 0 Å². The first kappa shape index (κ1) is 23.8. The number of carboxylic acid groups (broad SMARTS) is 4. The summed E-state index contributed by atoms with van der Waals surface area (Å²) in [5.41, 5.74) is 0. The third-order valence-corrected chi connectivity index (χ3v) is 1.08. The molecule has 0 atom stereocenters. The number of hydrogen-bond donors (Lipinski definition) is 6. The van der Waals surface area contributed by atoms with Crippen LogP contribution < -0.4 is 0 Å². The van der Waals surface area contributed by atoms with E-state index in [-0.39, 0.29) is 13.2 Å². The molecule has 0 aromatic heterocycles. The third-order valence-electron chi connectivity index (χ3n) is 1.08. The Morgan fingerprint density at radius 2 is 0.857 bits per heavy atom. The lowest BCUT2D eigenvalue weighted by atomic mass is 10.5. The van der Waals surface area contributed by atoms with Gasteiger partial charge in [0.25, 0.3) is 0 Å². The highest BCUT2D eigenvalue weighted by Gasteiger charge is 2.02. The molecule has 0 heterocycles. The second kappa shape index (κ2) is 17.8. The van der Waals surface area contributed by atoms with Crippen molar-refractivity contribution in [3.05, 3.63) is 0 Å². The van der Waals surface area contributed by atoms with Gasteiger partial charge in [0.15, 0.2) is 0 Å². The maximum absolute atomic E-state index is 9.43. The van der Waals surface area contributed by atoms with Gasteiger partial charge in [-0.05, 0) is 0 Å². The molecule has 21 heavy (non-hydrogen) atoms. The van der Waals surface area contributed by atoms with E-state index in [0.717, 1.165) is 0 Å². The topological polar surface area (TPSA) is 199 Å². The van der Waals surface area contributed by atoms with E-state index in [1.165, 1.54) is 0 Å². The van der Waals surface area contributed by atoms with E-state index < -0.39 is 36.7 Å². The van der Waals surface area contributed by atoms with Crippen molar-refractivity contribution in [2.45, 2.75) is 12.8 Å². The molecule has 124 valence electrons. The van der Waals surface area contributed by atoms with Crippen LogP contribution in [-0.4, -0.2) is 80.9 Å². The van der Waals surface area contributed by atoms with E-state index in [2.05, 4.69) is 4.74 Å². The number of aliphatic carboxylic acids is 4. The van der Waals surface area contributed by atoms with Gasteiger partial charge in [-0.3, -0.25) is 19.2 Å². The van der Waals surface area contributed by atoms with Crippen molar-refractivity contribution >= 4 is 23.9 Å². The van der Waals surface area contributed by atoms with Crippen LogP contribution in [0.2, 0.25) is 0 Å². The minimum Gasteiger partial charge on any atom is -0.481 e. The fourth-order valence-electron chi connectivity index (χ4n) is 0.490. The third kappa shape index (κ3) is 46.3. The highest BCUT2D eigenvalue weighted by atomic mass is 16.5. The molecule has 0 fully saturated rings. The van der Waals surface area contributed by atoms with Crippen LogP contribution in [0.5, 0.6) is 0 Å². The molecule has 0 radical (unpaired) electrons. The van der Waals surface area contributed by atoms with Crippen molar-refractivity contribution < 1.29 is 54.6 Å². The predicted molar refractivity (Wildman–Crippen MR) is 64.8 cm³/mol. The van der Waals surface area contributed by atoms with E-state index in [9.17, 15) is 19.2 Å². The lowest BCUT2D eigenvalue weighted by molar-refractivity contribution is -0.149. The number of ether oxygens (including phenoxy) is 1. The summed E-state index contributed by atoms with van der Waals surface area (Å²) in [5, 5.41) is 47.0. The van der Waals surface area contributed by atoms with E-state index in [0.29, 0.717) is 13.2 Å². The highest BCUT2D eigenvalue weighted by molar-refractivity contribution is 5.89. The Kier molecular flexibility index (Phi) is 20.1. The van der Waals surface area contributed by atoms with Crippen LogP contribution in [0.4, 0.5) is 0 Å². The van der Waals surface area contributed by atoms with Crippen LogP contribution in [0.15, 0.2) is 0 Å². The van der Waals surface area contributed by atoms with Gasteiger partial charge in [0.2, 0.25) is 0 Å². The van der Waals surface area contributed by atoms with Gasteiger partial charge in [0.1, 0.15) is 12.8 Å². The average molecular weight is 314 g/mol. The van der Waals surface area contributed by atoms with Gasteiger partial charge in [0, 0.05) is 0 Å². The molecular formula is C10H18O11. The molecule has 0 bridgehead atoms. The van der Waals surface area contributed by atoms with E-state index >= 15 is 0 Å². The molecule has 0 aliphatic carbocycles. The van der Waals surface area contributed by atoms with Crippen LogP contribution in [0.25, 0.3) is 0 Å². The summed E-state index contributed by atoms with van der Waals surface area (Å²) in [6.45, 7) is 0.696. The van der Waals surface area contributed by atoms with Gasteiger partial charge < -0.3 is 35.4 Å². The summed E-state index contributed by atoms with van der Waals surface area (Å²) < 4.78 is 4.63. The lowest BCUT2D eigenvalue weighted by Gasteiger charge is -1.94. The minimum atomic E-state index is -1.31. The second-order valence-electron chi connectivity index (χ2n) is 2.99. The first-order valence-corrected chi connectivity index (χ1v) is 5.33. The molecule has 11 nitrogen and oxygen atoms in total. The maximum atomic E-state index is 9.43. The minimum absolute atomic E-state index is 0.0278. The molecule has 0 unspecified atom stereocenters. The molecule has 0 saturated carbocycles. The molecular weight excluding hydrogens is 296 g/mol. The van der Waals surface area contributed by atoms with Gasteiger partial charge in [0.05, 0.1) is 26.4 Å². The summed E-state index contributed by atoms with van der Waals surface area (Å²) in [4.78, 5) is 37.7. The highest BCUT2D eigenvalue weighted by Crippen LogP contribution is 1.75. The fraction of sp³-hybridized carbons (Fsp3) is 0.600. The van der Waals surface area contributed by atoms with Crippen molar-refractivity contribution in [2.24, 2.45) is 0 Å². The number of hydrogen-bond acceptors (Lipinski definition) is 7. The normalized spacial score (nSPS) is 8.48. The summed E-state index contributed by atoms with van der Waals surface area (Å²) in [7, 11) is 0. The van der Waals surface area contributed by atoms with Gasteiger partial charge in [-0.15, -0.1) is 0 Å². The van der Waals surface area contributed by atoms with Crippen molar-refractivity contribution in [2.75, 3.05) is 26.4 Å². The molecule has 0 rings (SSSR count). The lowest BCUT2D eigenvalue weighted by Crippen LogP contribution is -2.03. The molecule has 0 aliphatic heterocycles. The molecule has 0 amide bonds. The molecule has 6 N–H and O–H groups in total. The smallest absolute Gasteiger partial charge is 0.314 e. The first-order chi connectivity index (χ1) is 9.67. The number of aliphatic hydroxyl groups is 2.